The van der Waals surface area contributed by atoms with Crippen molar-refractivity contribution in [1.29, 1.82) is 0 Å². The van der Waals surface area contributed by atoms with E-state index in [1.807, 2.05) is 88.6 Å². The summed E-state index contributed by atoms with van der Waals surface area (Å²) in [6.45, 7) is 3.91. The molecule has 0 fully saturated rings. The number of aliphatic hydroxyl groups is 2. The van der Waals surface area contributed by atoms with Crippen LogP contribution in [0.15, 0.2) is 60.7 Å². The van der Waals surface area contributed by atoms with Crippen LogP contribution in [0.3, 0.4) is 0 Å². The summed E-state index contributed by atoms with van der Waals surface area (Å²) in [6, 6.07) is 19.5. The summed E-state index contributed by atoms with van der Waals surface area (Å²) in [4.78, 5) is 0. The fraction of sp³-hybridized carbons (Fsp3) is 0.400. The Kier molecular flexibility index (Phi) is 9.27. The average molecular weight is 330 g/mol. The lowest BCUT2D eigenvalue weighted by atomic mass is 10.0. The highest BCUT2D eigenvalue weighted by atomic mass is 16.3. The van der Waals surface area contributed by atoms with Crippen LogP contribution < -0.4 is 10.6 Å². The maximum atomic E-state index is 9.73. The normalized spacial score (nSPS) is 15.6. The molecule has 0 aliphatic carbocycles. The molecule has 4 N–H and O–H groups in total. The summed E-state index contributed by atoms with van der Waals surface area (Å²) in [6.07, 6.45) is -0.840. The van der Waals surface area contributed by atoms with Gasteiger partial charge in [0.15, 0.2) is 0 Å². The van der Waals surface area contributed by atoms with Gasteiger partial charge in [-0.05, 0) is 39.1 Å². The molecule has 0 saturated carbocycles. The van der Waals surface area contributed by atoms with E-state index in [0.717, 1.165) is 11.1 Å². The van der Waals surface area contributed by atoms with Crippen molar-refractivity contribution in [2.45, 2.75) is 38.1 Å². The first-order valence-corrected chi connectivity index (χ1v) is 8.31. The van der Waals surface area contributed by atoms with E-state index in [1.165, 1.54) is 0 Å². The number of benzene rings is 2. The molecular formula is C20H30N2O2. The number of rotatable bonds is 6. The Bertz CT molecular complexity index is 497. The van der Waals surface area contributed by atoms with Gasteiger partial charge in [0.05, 0.1) is 12.2 Å². The molecule has 0 aliphatic rings. The zero-order chi connectivity index (χ0) is 17.9. The van der Waals surface area contributed by atoms with Crippen molar-refractivity contribution in [3.05, 3.63) is 71.8 Å². The molecule has 0 saturated heterocycles. The van der Waals surface area contributed by atoms with E-state index in [9.17, 15) is 10.2 Å². The Labute approximate surface area is 145 Å². The molecule has 0 aromatic heterocycles. The highest BCUT2D eigenvalue weighted by Gasteiger charge is 2.13. The smallest absolute Gasteiger partial charge is 0.0940 e. The summed E-state index contributed by atoms with van der Waals surface area (Å²) < 4.78 is 0. The summed E-state index contributed by atoms with van der Waals surface area (Å²) in [5.41, 5.74) is 1.92. The first kappa shape index (κ1) is 20.3. The molecule has 2 aromatic rings. The van der Waals surface area contributed by atoms with Gasteiger partial charge in [-0.3, -0.25) is 0 Å². The van der Waals surface area contributed by atoms with E-state index in [0.29, 0.717) is 0 Å². The third-order valence-electron chi connectivity index (χ3n) is 4.14. The molecule has 2 aromatic carbocycles. The molecule has 2 unspecified atom stereocenters. The number of aliphatic hydroxyl groups excluding tert-OH is 2. The second kappa shape index (κ2) is 10.9. The van der Waals surface area contributed by atoms with Crippen LogP contribution in [0.5, 0.6) is 0 Å². The Balaban J connectivity index is 0.000000240. The Morgan fingerprint density at radius 2 is 0.917 bits per heavy atom. The Morgan fingerprint density at radius 1 is 0.625 bits per heavy atom. The zero-order valence-electron chi connectivity index (χ0n) is 15.0. The largest absolute Gasteiger partial charge is 0.387 e. The second-order valence-corrected chi connectivity index (χ2v) is 5.87. The Hall–Kier alpha value is -1.72. The van der Waals surface area contributed by atoms with Gasteiger partial charge in [-0.2, -0.15) is 0 Å². The van der Waals surface area contributed by atoms with Crippen LogP contribution in [-0.4, -0.2) is 36.4 Å². The zero-order valence-corrected chi connectivity index (χ0v) is 15.0. The van der Waals surface area contributed by atoms with Gasteiger partial charge in [0.25, 0.3) is 0 Å². The standard InChI is InChI=1S/2C10H15NO/c2*1-8(11-2)10(12)9-6-4-3-5-7-9/h2*3-8,10-12H,1-2H3/t8-,10-;/m0./s1. The molecule has 24 heavy (non-hydrogen) atoms. The molecule has 0 aliphatic heterocycles. The lowest BCUT2D eigenvalue weighted by Gasteiger charge is -2.17. The minimum Gasteiger partial charge on any atom is -0.387 e. The van der Waals surface area contributed by atoms with E-state index in [2.05, 4.69) is 10.6 Å². The topological polar surface area (TPSA) is 64.5 Å². The Morgan fingerprint density at radius 3 is 1.17 bits per heavy atom. The molecule has 0 radical (unpaired) electrons. The molecule has 0 spiro atoms. The van der Waals surface area contributed by atoms with E-state index in [-0.39, 0.29) is 12.1 Å². The van der Waals surface area contributed by atoms with Crippen molar-refractivity contribution in [3.63, 3.8) is 0 Å². The van der Waals surface area contributed by atoms with Gasteiger partial charge in [-0.25, -0.2) is 0 Å². The predicted molar refractivity (Wildman–Crippen MR) is 99.8 cm³/mol. The third-order valence-corrected chi connectivity index (χ3v) is 4.14. The van der Waals surface area contributed by atoms with Gasteiger partial charge in [0.1, 0.15) is 0 Å². The predicted octanol–water partition coefficient (Wildman–Crippen LogP) is 2.66. The summed E-state index contributed by atoms with van der Waals surface area (Å²) in [5, 5.41) is 25.5. The average Bonchev–Trinajstić information content (AvgIpc) is 2.67. The van der Waals surface area contributed by atoms with Crippen molar-refractivity contribution in [3.8, 4) is 0 Å². The van der Waals surface area contributed by atoms with Crippen LogP contribution in [0, 0.1) is 0 Å². The van der Waals surface area contributed by atoms with Crippen LogP contribution in [0.25, 0.3) is 0 Å². The van der Waals surface area contributed by atoms with Crippen LogP contribution in [0.2, 0.25) is 0 Å². The second-order valence-electron chi connectivity index (χ2n) is 5.87. The minimum absolute atomic E-state index is 0.0902. The molecular weight excluding hydrogens is 300 g/mol. The molecule has 2 rings (SSSR count). The molecule has 4 heteroatoms. The SMILES string of the molecule is CNC(C)C(O)c1ccccc1.CN[C@@H](C)[C@H](O)c1ccccc1. The van der Waals surface area contributed by atoms with Crippen molar-refractivity contribution in [2.75, 3.05) is 14.1 Å². The van der Waals surface area contributed by atoms with Crippen molar-refractivity contribution in [2.24, 2.45) is 0 Å². The van der Waals surface area contributed by atoms with Crippen LogP contribution in [0.4, 0.5) is 0 Å². The first-order chi connectivity index (χ1) is 11.5. The molecule has 132 valence electrons. The van der Waals surface area contributed by atoms with Gasteiger partial charge in [-0.15, -0.1) is 0 Å². The molecule has 0 heterocycles. The quantitative estimate of drug-likeness (QED) is 0.657. The number of nitrogens with one attached hydrogen (secondary N) is 2. The molecule has 0 bridgehead atoms. The van der Waals surface area contributed by atoms with Gasteiger partial charge in [0.2, 0.25) is 0 Å². The fourth-order valence-electron chi connectivity index (χ4n) is 2.19. The third kappa shape index (κ3) is 6.42. The number of likely N-dealkylation sites (N-methyl/N-ethyl adjacent to an activating group) is 2. The minimum atomic E-state index is -0.420. The van der Waals surface area contributed by atoms with Crippen molar-refractivity contribution >= 4 is 0 Å². The van der Waals surface area contributed by atoms with E-state index >= 15 is 0 Å². The maximum absolute atomic E-state index is 9.73. The summed E-state index contributed by atoms with van der Waals surface area (Å²) in [7, 11) is 3.69. The van der Waals surface area contributed by atoms with Gasteiger partial charge in [-0.1, -0.05) is 60.7 Å². The fourth-order valence-corrected chi connectivity index (χ4v) is 2.19. The van der Waals surface area contributed by atoms with E-state index in [4.69, 9.17) is 0 Å². The van der Waals surface area contributed by atoms with Crippen LogP contribution >= 0.6 is 0 Å². The highest BCUT2D eigenvalue weighted by Crippen LogP contribution is 2.16. The lowest BCUT2D eigenvalue weighted by molar-refractivity contribution is 0.140. The van der Waals surface area contributed by atoms with Gasteiger partial charge in [0, 0.05) is 12.1 Å². The van der Waals surface area contributed by atoms with Crippen LogP contribution in [0.1, 0.15) is 37.2 Å². The van der Waals surface area contributed by atoms with E-state index in [1.54, 1.807) is 0 Å². The molecule has 4 atom stereocenters. The first-order valence-electron chi connectivity index (χ1n) is 8.31. The molecule has 4 nitrogen and oxygen atoms in total. The van der Waals surface area contributed by atoms with Gasteiger partial charge >= 0.3 is 0 Å². The van der Waals surface area contributed by atoms with E-state index < -0.39 is 12.2 Å². The highest BCUT2D eigenvalue weighted by molar-refractivity contribution is 5.19. The summed E-state index contributed by atoms with van der Waals surface area (Å²) in [5.74, 6) is 0. The van der Waals surface area contributed by atoms with Gasteiger partial charge < -0.3 is 20.8 Å². The monoisotopic (exact) mass is 330 g/mol. The van der Waals surface area contributed by atoms with Crippen molar-refractivity contribution < 1.29 is 10.2 Å². The number of hydrogen-bond acceptors (Lipinski definition) is 4. The lowest BCUT2D eigenvalue weighted by Crippen LogP contribution is -2.28. The number of hydrogen-bond donors (Lipinski definition) is 4. The van der Waals surface area contributed by atoms with Crippen LogP contribution in [-0.2, 0) is 0 Å². The molecule has 0 amide bonds. The van der Waals surface area contributed by atoms with Crippen molar-refractivity contribution in [1.82, 2.24) is 10.6 Å². The summed E-state index contributed by atoms with van der Waals surface area (Å²) >= 11 is 0. The maximum Gasteiger partial charge on any atom is 0.0940 e.